The van der Waals surface area contributed by atoms with E-state index in [-0.39, 0.29) is 15.6 Å². The maximum Gasteiger partial charge on any atom is 0.573 e. The van der Waals surface area contributed by atoms with Crippen molar-refractivity contribution in [2.24, 2.45) is 0 Å². The van der Waals surface area contributed by atoms with Crippen LogP contribution in [0.5, 0.6) is 5.75 Å². The van der Waals surface area contributed by atoms with E-state index in [9.17, 15) is 13.2 Å². The second-order valence-electron chi connectivity index (χ2n) is 4.01. The summed E-state index contributed by atoms with van der Waals surface area (Å²) in [6.07, 6.45) is -4.84. The van der Waals surface area contributed by atoms with Gasteiger partial charge in [0, 0.05) is 5.56 Å². The third-order valence-corrected chi connectivity index (χ3v) is 3.35. The van der Waals surface area contributed by atoms with Crippen LogP contribution in [-0.2, 0) is 0 Å². The number of hydrogen-bond donors (Lipinski definition) is 0. The third-order valence-electron chi connectivity index (χ3n) is 2.53. The number of alkyl halides is 3. The third kappa shape index (κ3) is 3.81. The molecule has 0 aliphatic heterocycles. The Morgan fingerprint density at radius 3 is 2.43 bits per heavy atom. The monoisotopic (exact) mass is 331 g/mol. The molecule has 0 heterocycles. The number of nitriles is 1. The van der Waals surface area contributed by atoms with Crippen molar-refractivity contribution < 1.29 is 17.9 Å². The molecule has 0 unspecified atom stereocenters. The van der Waals surface area contributed by atoms with Crippen molar-refractivity contribution in [3.8, 4) is 22.9 Å². The Morgan fingerprint density at radius 1 is 1.10 bits per heavy atom. The summed E-state index contributed by atoms with van der Waals surface area (Å²) in [4.78, 5) is 0. The van der Waals surface area contributed by atoms with Gasteiger partial charge in [-0.2, -0.15) is 5.26 Å². The van der Waals surface area contributed by atoms with Crippen LogP contribution >= 0.6 is 23.2 Å². The fraction of sp³-hybridized carbons (Fsp3) is 0.0714. The molecule has 0 atom stereocenters. The lowest BCUT2D eigenvalue weighted by atomic mass is 10.0. The van der Waals surface area contributed by atoms with Gasteiger partial charge >= 0.3 is 6.36 Å². The summed E-state index contributed by atoms with van der Waals surface area (Å²) in [7, 11) is 0. The summed E-state index contributed by atoms with van der Waals surface area (Å²) in [5.41, 5.74) is 0.733. The zero-order valence-corrected chi connectivity index (χ0v) is 11.7. The van der Waals surface area contributed by atoms with Crippen LogP contribution < -0.4 is 4.74 Å². The molecule has 2 aromatic rings. The maximum absolute atomic E-state index is 12.3. The van der Waals surface area contributed by atoms with Gasteiger partial charge in [-0.05, 0) is 29.8 Å². The normalized spacial score (nSPS) is 11.0. The van der Waals surface area contributed by atoms with E-state index in [2.05, 4.69) is 4.74 Å². The highest BCUT2D eigenvalue weighted by Gasteiger charge is 2.31. The lowest BCUT2D eigenvalue weighted by Gasteiger charge is -2.12. The first-order valence-electron chi connectivity index (χ1n) is 5.55. The van der Waals surface area contributed by atoms with Crippen molar-refractivity contribution in [1.82, 2.24) is 0 Å². The van der Waals surface area contributed by atoms with Gasteiger partial charge in [0.05, 0.1) is 21.7 Å². The molecule has 0 saturated carbocycles. The highest BCUT2D eigenvalue weighted by molar-refractivity contribution is 6.43. The van der Waals surface area contributed by atoms with Crippen molar-refractivity contribution in [3.63, 3.8) is 0 Å². The fourth-order valence-corrected chi connectivity index (χ4v) is 2.15. The molecule has 0 fully saturated rings. The van der Waals surface area contributed by atoms with Crippen molar-refractivity contribution >= 4 is 23.2 Å². The number of hydrogen-bond acceptors (Lipinski definition) is 2. The molecule has 108 valence electrons. The van der Waals surface area contributed by atoms with Crippen LogP contribution in [0.2, 0.25) is 10.0 Å². The van der Waals surface area contributed by atoms with E-state index in [4.69, 9.17) is 28.5 Å². The van der Waals surface area contributed by atoms with E-state index in [0.717, 1.165) is 12.1 Å². The molecule has 21 heavy (non-hydrogen) atoms. The first-order valence-corrected chi connectivity index (χ1v) is 6.31. The largest absolute Gasteiger partial charge is 0.573 e. The average Bonchev–Trinajstić information content (AvgIpc) is 2.39. The summed E-state index contributed by atoms with van der Waals surface area (Å²) >= 11 is 11.9. The molecule has 0 aliphatic rings. The molecule has 0 N–H and O–H groups in total. The molecule has 0 aliphatic carbocycles. The second-order valence-corrected chi connectivity index (χ2v) is 4.79. The highest BCUT2D eigenvalue weighted by atomic mass is 35.5. The van der Waals surface area contributed by atoms with Gasteiger partial charge in [-0.1, -0.05) is 35.3 Å². The lowest BCUT2D eigenvalue weighted by molar-refractivity contribution is -0.274. The first kappa shape index (κ1) is 15.5. The van der Waals surface area contributed by atoms with Gasteiger partial charge in [-0.15, -0.1) is 13.2 Å². The smallest absolute Gasteiger partial charge is 0.406 e. The van der Waals surface area contributed by atoms with E-state index in [1.807, 2.05) is 0 Å². The number of ether oxygens (including phenoxy) is 1. The second kappa shape index (κ2) is 5.84. The molecule has 2 aromatic carbocycles. The molecular formula is C14H6Cl2F3NO. The summed E-state index contributed by atoms with van der Waals surface area (Å²) in [5, 5.41) is 9.36. The van der Waals surface area contributed by atoms with E-state index in [1.165, 1.54) is 6.07 Å². The SMILES string of the molecule is N#Cc1cc(OC(F)(F)F)cc(-c2cccc(Cl)c2Cl)c1. The van der Waals surface area contributed by atoms with Gasteiger partial charge in [0.15, 0.2) is 0 Å². The Bertz CT molecular complexity index is 723. The molecule has 0 aromatic heterocycles. The van der Waals surface area contributed by atoms with Crippen LogP contribution in [0, 0.1) is 11.3 Å². The molecule has 0 bridgehead atoms. The zero-order valence-electron chi connectivity index (χ0n) is 10.2. The number of rotatable bonds is 2. The molecule has 2 rings (SSSR count). The topological polar surface area (TPSA) is 33.0 Å². The van der Waals surface area contributed by atoms with Crippen LogP contribution in [0.3, 0.4) is 0 Å². The number of halogens is 5. The van der Waals surface area contributed by atoms with Gasteiger partial charge in [-0.25, -0.2) is 0 Å². The van der Waals surface area contributed by atoms with Crippen LogP contribution in [-0.4, -0.2) is 6.36 Å². The minimum absolute atomic E-state index is 0.0165. The quantitative estimate of drug-likeness (QED) is 0.734. The number of benzene rings is 2. The Kier molecular flexibility index (Phi) is 4.31. The maximum atomic E-state index is 12.3. The minimum Gasteiger partial charge on any atom is -0.406 e. The average molecular weight is 332 g/mol. The predicted molar refractivity (Wildman–Crippen MR) is 73.3 cm³/mol. The fourth-order valence-electron chi connectivity index (χ4n) is 1.74. The van der Waals surface area contributed by atoms with Crippen molar-refractivity contribution in [2.75, 3.05) is 0 Å². The Morgan fingerprint density at radius 2 is 1.81 bits per heavy atom. The Hall–Kier alpha value is -1.90. The van der Waals surface area contributed by atoms with E-state index in [1.54, 1.807) is 24.3 Å². The van der Waals surface area contributed by atoms with Crippen molar-refractivity contribution in [2.45, 2.75) is 6.36 Å². The summed E-state index contributed by atoms with van der Waals surface area (Å²) in [5.74, 6) is -0.493. The van der Waals surface area contributed by atoms with Crippen LogP contribution in [0.1, 0.15) is 5.56 Å². The van der Waals surface area contributed by atoms with Crippen molar-refractivity contribution in [1.29, 1.82) is 5.26 Å². The Labute approximate surface area is 128 Å². The summed E-state index contributed by atoms with van der Waals surface area (Å²) in [6.45, 7) is 0. The van der Waals surface area contributed by atoms with Gasteiger partial charge in [0.2, 0.25) is 0 Å². The van der Waals surface area contributed by atoms with Crippen LogP contribution in [0.15, 0.2) is 36.4 Å². The first-order chi connectivity index (χ1) is 9.80. The predicted octanol–water partition coefficient (Wildman–Crippen LogP) is 5.43. The molecule has 0 saturated heterocycles. The molecule has 2 nitrogen and oxygen atoms in total. The zero-order chi connectivity index (χ0) is 15.6. The van der Waals surface area contributed by atoms with Gasteiger partial charge in [-0.3, -0.25) is 0 Å². The summed E-state index contributed by atoms with van der Waals surface area (Å²) in [6, 6.07) is 10.1. The highest BCUT2D eigenvalue weighted by Crippen LogP contribution is 2.36. The molecular weight excluding hydrogens is 326 g/mol. The Balaban J connectivity index is 2.56. The standard InChI is InChI=1S/C14H6Cl2F3NO/c15-12-3-1-2-11(13(12)16)9-4-8(7-20)5-10(6-9)21-14(17,18)19/h1-6H. The number of nitrogens with zero attached hydrogens (tertiary/aromatic N) is 1. The van der Waals surface area contributed by atoms with Crippen LogP contribution in [0.4, 0.5) is 13.2 Å². The van der Waals surface area contributed by atoms with Gasteiger partial charge < -0.3 is 4.74 Å². The van der Waals surface area contributed by atoms with E-state index < -0.39 is 12.1 Å². The van der Waals surface area contributed by atoms with Gasteiger partial charge in [0.1, 0.15) is 5.75 Å². The molecule has 0 spiro atoms. The molecule has 0 radical (unpaired) electrons. The van der Waals surface area contributed by atoms with Crippen LogP contribution in [0.25, 0.3) is 11.1 Å². The van der Waals surface area contributed by atoms with E-state index >= 15 is 0 Å². The van der Waals surface area contributed by atoms with E-state index in [0.29, 0.717) is 11.1 Å². The molecule has 0 amide bonds. The van der Waals surface area contributed by atoms with Gasteiger partial charge in [0.25, 0.3) is 0 Å². The lowest BCUT2D eigenvalue weighted by Crippen LogP contribution is -2.17. The minimum atomic E-state index is -4.84. The van der Waals surface area contributed by atoms with Crippen molar-refractivity contribution in [3.05, 3.63) is 52.0 Å². The molecule has 7 heteroatoms. The summed E-state index contributed by atoms with van der Waals surface area (Å²) < 4.78 is 40.8.